The highest BCUT2D eigenvalue weighted by atomic mass is 35.5. The van der Waals surface area contributed by atoms with Crippen LogP contribution in [0, 0.1) is 0 Å². The molecule has 1 unspecified atom stereocenters. The first-order valence-electron chi connectivity index (χ1n) is 9.43. The first kappa shape index (κ1) is 20.5. The summed E-state index contributed by atoms with van der Waals surface area (Å²) in [4.78, 5) is 29.4. The molecule has 1 saturated heterocycles. The lowest BCUT2D eigenvalue weighted by Crippen LogP contribution is -2.63. The average molecular weight is 439 g/mol. The molecule has 0 aliphatic carbocycles. The van der Waals surface area contributed by atoms with E-state index in [1.165, 1.54) is 30.3 Å². The van der Waals surface area contributed by atoms with Crippen LogP contribution in [0.4, 0.5) is 4.79 Å². The molecule has 0 bridgehead atoms. The zero-order valence-corrected chi connectivity index (χ0v) is 17.6. The lowest BCUT2D eigenvalue weighted by Gasteiger charge is -2.31. The number of halogens is 1. The van der Waals surface area contributed by atoms with Crippen molar-refractivity contribution in [3.8, 4) is 5.75 Å². The number of carbonyl (C=O) groups is 2. The number of rotatable bonds is 4. The normalized spacial score (nSPS) is 18.4. The van der Waals surface area contributed by atoms with Crippen LogP contribution >= 0.6 is 11.6 Å². The highest BCUT2D eigenvalue weighted by molar-refractivity contribution is 6.30. The minimum atomic E-state index is -0.772. The lowest BCUT2D eigenvalue weighted by molar-refractivity contribution is -0.268. The molecule has 2 aliphatic rings. The number of nitrogens with zero attached hydrogens (tertiary/aromatic N) is 5. The van der Waals surface area contributed by atoms with Gasteiger partial charge in [-0.05, 0) is 23.3 Å². The molecule has 3 amide bonds. The number of benzene rings is 2. The number of fused-ring (bicyclic) bond motifs is 1. The summed E-state index contributed by atoms with van der Waals surface area (Å²) < 4.78 is 4.47. The zero-order chi connectivity index (χ0) is 22.1. The summed E-state index contributed by atoms with van der Waals surface area (Å²) in [5, 5.41) is 16.3. The van der Waals surface area contributed by atoms with Crippen molar-refractivity contribution in [1.82, 2.24) is 24.8 Å². The van der Waals surface area contributed by atoms with Gasteiger partial charge in [-0.3, -0.25) is 9.69 Å². The van der Waals surface area contributed by atoms with Crippen molar-refractivity contribution in [2.45, 2.75) is 12.6 Å². The summed E-state index contributed by atoms with van der Waals surface area (Å²) in [6.07, 6.45) is 1.49. The monoisotopic (exact) mass is 438 g/mol. The maximum atomic E-state index is 12.9. The standard InChI is InChI=1S/C21H19ClN6O3/c1-26-18-17(19(30)27(2)21(26)31)28(12-13-6-8-15(22)9-7-13)20(24-18)25-23-11-14-4-3-5-16(29)10-14/h3-11,17,29H,12H2,1-2H3/b23-11+. The molecule has 0 radical (unpaired) electrons. The molecule has 0 aromatic heterocycles. The van der Waals surface area contributed by atoms with Crippen LogP contribution in [0.2, 0.25) is 5.02 Å². The van der Waals surface area contributed by atoms with Gasteiger partial charge in [-0.2, -0.15) is 5.43 Å². The SMILES string of the molecule is CN1C(=O)C2C(=[N+]=C(N/N=C/c3cccc([O-])c3)N2Cc2ccc(Cl)cc2)N(C)C1=O. The van der Waals surface area contributed by atoms with E-state index in [0.29, 0.717) is 28.9 Å². The molecule has 1 fully saturated rings. The number of imide groups is 1. The minimum absolute atomic E-state index is 0.123. The van der Waals surface area contributed by atoms with Crippen LogP contribution in [0.15, 0.2) is 53.6 Å². The van der Waals surface area contributed by atoms with Crippen molar-refractivity contribution in [2.24, 2.45) is 5.10 Å². The van der Waals surface area contributed by atoms with Gasteiger partial charge in [0.15, 0.2) is 0 Å². The quantitative estimate of drug-likeness (QED) is 0.427. The Morgan fingerprint density at radius 2 is 1.90 bits per heavy atom. The van der Waals surface area contributed by atoms with Crippen LogP contribution in [0.5, 0.6) is 5.75 Å². The van der Waals surface area contributed by atoms with Gasteiger partial charge < -0.3 is 5.11 Å². The van der Waals surface area contributed by atoms with E-state index in [9.17, 15) is 14.7 Å². The number of likely N-dealkylation sites (N-methyl/N-ethyl adjacent to an activating group) is 2. The average Bonchev–Trinajstić information content (AvgIpc) is 3.11. The number of amides is 3. The molecule has 1 atom stereocenters. The topological polar surface area (TPSA) is 105 Å². The number of urea groups is 1. The number of guanidine groups is 1. The first-order chi connectivity index (χ1) is 14.8. The second kappa shape index (κ2) is 8.14. The van der Waals surface area contributed by atoms with E-state index in [-0.39, 0.29) is 11.7 Å². The van der Waals surface area contributed by atoms with Crippen LogP contribution in [0.3, 0.4) is 0 Å². The zero-order valence-electron chi connectivity index (χ0n) is 16.8. The molecule has 158 valence electrons. The molecule has 4 rings (SSSR count). The van der Waals surface area contributed by atoms with Crippen molar-refractivity contribution < 1.29 is 14.7 Å². The minimum Gasteiger partial charge on any atom is -0.872 e. The number of hydrogen-bond donors (Lipinski definition) is 1. The maximum absolute atomic E-state index is 12.9. The molecule has 2 aromatic rings. The summed E-state index contributed by atoms with van der Waals surface area (Å²) >= 11 is 5.98. The van der Waals surface area contributed by atoms with Crippen LogP contribution in [0.1, 0.15) is 11.1 Å². The van der Waals surface area contributed by atoms with E-state index >= 15 is 0 Å². The van der Waals surface area contributed by atoms with Crippen molar-refractivity contribution in [2.75, 3.05) is 14.1 Å². The third kappa shape index (κ3) is 3.96. The second-order valence-corrected chi connectivity index (χ2v) is 7.57. The number of hydrogen-bond acceptors (Lipinski definition) is 6. The highest BCUT2D eigenvalue weighted by Gasteiger charge is 2.54. The van der Waals surface area contributed by atoms with E-state index < -0.39 is 12.1 Å². The lowest BCUT2D eigenvalue weighted by atomic mass is 10.1. The van der Waals surface area contributed by atoms with Crippen LogP contribution < -0.4 is 15.2 Å². The molecule has 1 N–H and O–H groups in total. The molecular weight excluding hydrogens is 420 g/mol. The van der Waals surface area contributed by atoms with Crippen LogP contribution in [0.25, 0.3) is 0 Å². The predicted molar refractivity (Wildman–Crippen MR) is 115 cm³/mol. The molecule has 31 heavy (non-hydrogen) atoms. The number of nitrogens with one attached hydrogen (secondary N) is 1. The molecule has 2 aliphatic heterocycles. The fourth-order valence-electron chi connectivity index (χ4n) is 3.40. The van der Waals surface area contributed by atoms with E-state index in [2.05, 4.69) is 15.2 Å². The van der Waals surface area contributed by atoms with Gasteiger partial charge in [0.05, 0.1) is 19.8 Å². The van der Waals surface area contributed by atoms with Crippen LogP contribution in [-0.2, 0) is 11.3 Å². The predicted octanol–water partition coefficient (Wildman–Crippen LogP) is 0.567. The molecule has 0 spiro atoms. The summed E-state index contributed by atoms with van der Waals surface area (Å²) in [7, 11) is 3.02. The Labute approximate surface area is 183 Å². The maximum Gasteiger partial charge on any atom is 0.421 e. The molecular formula is C21H19ClN6O3. The van der Waals surface area contributed by atoms with Crippen molar-refractivity contribution in [3.63, 3.8) is 0 Å². The molecule has 10 heteroatoms. The summed E-state index contributed by atoms with van der Waals surface area (Å²) in [6, 6.07) is 12.3. The summed E-state index contributed by atoms with van der Waals surface area (Å²) in [6.45, 7) is 0.338. The van der Waals surface area contributed by atoms with Gasteiger partial charge in [-0.15, -0.1) is 10.9 Å². The fourth-order valence-corrected chi connectivity index (χ4v) is 3.53. The number of amidine groups is 1. The molecule has 0 saturated carbocycles. The van der Waals surface area contributed by atoms with Gasteiger partial charge in [-0.25, -0.2) is 19.3 Å². The Morgan fingerprint density at radius 3 is 2.61 bits per heavy atom. The van der Waals surface area contributed by atoms with Crippen molar-refractivity contribution in [3.05, 3.63) is 64.7 Å². The summed E-state index contributed by atoms with van der Waals surface area (Å²) in [5.74, 6) is 0.131. The largest absolute Gasteiger partial charge is 0.872 e. The van der Waals surface area contributed by atoms with E-state index in [1.54, 1.807) is 36.2 Å². The van der Waals surface area contributed by atoms with Gasteiger partial charge >= 0.3 is 17.8 Å². The van der Waals surface area contributed by atoms with Gasteiger partial charge in [0, 0.05) is 12.1 Å². The van der Waals surface area contributed by atoms with Crippen LogP contribution in [-0.4, -0.2) is 64.8 Å². The second-order valence-electron chi connectivity index (χ2n) is 7.13. The van der Waals surface area contributed by atoms with Crippen molar-refractivity contribution >= 4 is 41.5 Å². The molecule has 2 heterocycles. The van der Waals surface area contributed by atoms with Gasteiger partial charge in [0.1, 0.15) is 0 Å². The van der Waals surface area contributed by atoms with E-state index in [4.69, 9.17) is 11.6 Å². The van der Waals surface area contributed by atoms with E-state index in [0.717, 1.165) is 10.5 Å². The Kier molecular flexibility index (Phi) is 5.37. The summed E-state index contributed by atoms with van der Waals surface area (Å²) in [5.41, 5.74) is 4.37. The smallest absolute Gasteiger partial charge is 0.421 e. The molecule has 2 aromatic carbocycles. The molecule has 9 nitrogen and oxygen atoms in total. The van der Waals surface area contributed by atoms with Gasteiger partial charge in [0.25, 0.3) is 5.91 Å². The number of carbonyl (C=O) groups excluding carboxylic acids is 2. The third-order valence-electron chi connectivity index (χ3n) is 5.03. The van der Waals surface area contributed by atoms with Gasteiger partial charge in [0.2, 0.25) is 6.04 Å². The third-order valence-corrected chi connectivity index (χ3v) is 5.29. The van der Waals surface area contributed by atoms with Crippen molar-refractivity contribution in [1.29, 1.82) is 0 Å². The Bertz CT molecular complexity index is 1140. The first-order valence-corrected chi connectivity index (χ1v) is 9.81. The fraction of sp³-hybridized carbons (Fsp3) is 0.190. The van der Waals surface area contributed by atoms with Gasteiger partial charge in [-0.1, -0.05) is 48.0 Å². The Morgan fingerprint density at radius 1 is 1.16 bits per heavy atom. The Balaban J connectivity index is 1.64. The number of hydrazone groups is 1. The highest BCUT2D eigenvalue weighted by Crippen LogP contribution is 2.21. The Hall–Kier alpha value is -3.81. The van der Waals surface area contributed by atoms with E-state index in [1.807, 2.05) is 12.1 Å².